The predicted octanol–water partition coefficient (Wildman–Crippen LogP) is 1.77. The molecule has 0 radical (unpaired) electrons. The van der Waals surface area contributed by atoms with E-state index < -0.39 is 10.0 Å². The first kappa shape index (κ1) is 18.2. The lowest BCUT2D eigenvalue weighted by Crippen LogP contribution is -2.43. The van der Waals surface area contributed by atoms with Crippen LogP contribution in [0.2, 0.25) is 0 Å². The third-order valence-electron chi connectivity index (χ3n) is 4.79. The number of hydrogen-bond donors (Lipinski definition) is 1. The second-order valence-electron chi connectivity index (χ2n) is 6.44. The molecule has 2 aliphatic heterocycles. The molecule has 2 aliphatic rings. The number of morpholine rings is 1. The first-order chi connectivity index (χ1) is 13.1. The highest BCUT2D eigenvalue weighted by atomic mass is 32.2. The largest absolute Gasteiger partial charge is 0.454 e. The number of benzene rings is 2. The van der Waals surface area contributed by atoms with E-state index in [0.29, 0.717) is 24.7 Å². The zero-order valence-electron chi connectivity index (χ0n) is 14.8. The summed E-state index contributed by atoms with van der Waals surface area (Å²) in [7, 11) is -3.58. The van der Waals surface area contributed by atoms with Crippen LogP contribution in [0.1, 0.15) is 11.6 Å². The highest BCUT2D eigenvalue weighted by Crippen LogP contribution is 2.35. The molecule has 27 heavy (non-hydrogen) atoms. The van der Waals surface area contributed by atoms with Crippen molar-refractivity contribution in [1.29, 1.82) is 0 Å². The highest BCUT2D eigenvalue weighted by molar-refractivity contribution is 7.89. The summed E-state index contributed by atoms with van der Waals surface area (Å²) in [6, 6.07) is 14.0. The van der Waals surface area contributed by atoms with E-state index in [0.717, 1.165) is 18.7 Å². The molecule has 8 heteroatoms. The Morgan fingerprint density at radius 2 is 1.74 bits per heavy atom. The van der Waals surface area contributed by atoms with Crippen LogP contribution >= 0.6 is 0 Å². The highest BCUT2D eigenvalue weighted by Gasteiger charge is 2.26. The molecule has 0 spiro atoms. The van der Waals surface area contributed by atoms with Crippen molar-refractivity contribution in [3.05, 3.63) is 54.1 Å². The summed E-state index contributed by atoms with van der Waals surface area (Å²) in [6.45, 7) is 3.22. The van der Waals surface area contributed by atoms with E-state index in [2.05, 4.69) is 9.62 Å². The molecule has 7 nitrogen and oxygen atoms in total. The molecule has 0 aromatic heterocycles. The molecule has 1 N–H and O–H groups in total. The van der Waals surface area contributed by atoms with Crippen LogP contribution in [0.4, 0.5) is 0 Å². The second-order valence-corrected chi connectivity index (χ2v) is 8.21. The quantitative estimate of drug-likeness (QED) is 0.810. The SMILES string of the molecule is O=S(=O)(NC[C@H](c1ccc2c(c1)OCO2)N1CCOCC1)c1ccccc1. The van der Waals surface area contributed by atoms with Gasteiger partial charge in [0.25, 0.3) is 0 Å². The van der Waals surface area contributed by atoms with Crippen LogP contribution in [0.25, 0.3) is 0 Å². The van der Waals surface area contributed by atoms with Crippen LogP contribution in [0.5, 0.6) is 11.5 Å². The number of sulfonamides is 1. The summed E-state index contributed by atoms with van der Waals surface area (Å²) in [4.78, 5) is 2.49. The first-order valence-electron chi connectivity index (χ1n) is 8.89. The summed E-state index contributed by atoms with van der Waals surface area (Å²) in [5.74, 6) is 1.40. The van der Waals surface area contributed by atoms with Gasteiger partial charge in [-0.3, -0.25) is 4.90 Å². The van der Waals surface area contributed by atoms with Crippen molar-refractivity contribution in [2.24, 2.45) is 0 Å². The monoisotopic (exact) mass is 390 g/mol. The van der Waals surface area contributed by atoms with Crippen LogP contribution in [0, 0.1) is 0 Å². The van der Waals surface area contributed by atoms with E-state index in [1.165, 1.54) is 0 Å². The van der Waals surface area contributed by atoms with Crippen LogP contribution in [-0.4, -0.2) is 53.0 Å². The van der Waals surface area contributed by atoms with Crippen LogP contribution in [0.3, 0.4) is 0 Å². The van der Waals surface area contributed by atoms with Crippen LogP contribution in [0.15, 0.2) is 53.4 Å². The van der Waals surface area contributed by atoms with Crippen molar-refractivity contribution in [2.45, 2.75) is 10.9 Å². The maximum absolute atomic E-state index is 12.6. The molecule has 2 heterocycles. The lowest BCUT2D eigenvalue weighted by atomic mass is 10.0. The van der Waals surface area contributed by atoms with Crippen molar-refractivity contribution in [3.8, 4) is 11.5 Å². The van der Waals surface area contributed by atoms with Gasteiger partial charge in [-0.05, 0) is 29.8 Å². The first-order valence-corrected chi connectivity index (χ1v) is 10.4. The molecule has 2 aromatic rings. The van der Waals surface area contributed by atoms with Crippen LogP contribution < -0.4 is 14.2 Å². The lowest BCUT2D eigenvalue weighted by Gasteiger charge is -2.35. The van der Waals surface area contributed by atoms with E-state index in [1.807, 2.05) is 18.2 Å². The molecule has 1 fully saturated rings. The normalized spacial score (nSPS) is 18.4. The van der Waals surface area contributed by atoms with Crippen molar-refractivity contribution in [1.82, 2.24) is 9.62 Å². The summed E-state index contributed by atoms with van der Waals surface area (Å²) >= 11 is 0. The lowest BCUT2D eigenvalue weighted by molar-refractivity contribution is 0.0171. The number of hydrogen-bond acceptors (Lipinski definition) is 6. The van der Waals surface area contributed by atoms with Gasteiger partial charge in [0.15, 0.2) is 11.5 Å². The predicted molar refractivity (Wildman–Crippen MR) is 99.3 cm³/mol. The zero-order chi connectivity index (χ0) is 18.7. The smallest absolute Gasteiger partial charge is 0.240 e. The van der Waals surface area contributed by atoms with Gasteiger partial charge in [-0.25, -0.2) is 13.1 Å². The van der Waals surface area contributed by atoms with Gasteiger partial charge in [0.2, 0.25) is 16.8 Å². The molecule has 4 rings (SSSR count). The van der Waals surface area contributed by atoms with Crippen molar-refractivity contribution >= 4 is 10.0 Å². The Morgan fingerprint density at radius 3 is 2.52 bits per heavy atom. The van der Waals surface area contributed by atoms with Gasteiger partial charge >= 0.3 is 0 Å². The minimum atomic E-state index is -3.58. The van der Waals surface area contributed by atoms with Crippen molar-refractivity contribution in [2.75, 3.05) is 39.6 Å². The maximum Gasteiger partial charge on any atom is 0.240 e. The number of fused-ring (bicyclic) bond motifs is 1. The fraction of sp³-hybridized carbons (Fsp3) is 0.368. The topological polar surface area (TPSA) is 77.1 Å². The van der Waals surface area contributed by atoms with E-state index in [4.69, 9.17) is 14.2 Å². The minimum absolute atomic E-state index is 0.123. The van der Waals surface area contributed by atoms with Gasteiger partial charge in [0.1, 0.15) is 0 Å². The fourth-order valence-electron chi connectivity index (χ4n) is 3.34. The average molecular weight is 390 g/mol. The zero-order valence-corrected chi connectivity index (χ0v) is 15.7. The molecule has 0 aliphatic carbocycles. The average Bonchev–Trinajstić information content (AvgIpc) is 3.17. The summed E-state index contributed by atoms with van der Waals surface area (Å²) in [5.41, 5.74) is 0.983. The summed E-state index contributed by atoms with van der Waals surface area (Å²) in [6.07, 6.45) is 0. The standard InChI is InChI=1S/C19H22N2O5S/c22-27(23,16-4-2-1-3-5-16)20-13-17(21-8-10-24-11-9-21)15-6-7-18-19(12-15)26-14-25-18/h1-7,12,17,20H,8-11,13-14H2/t17-/m1/s1. The molecule has 1 saturated heterocycles. The van der Waals surface area contributed by atoms with Gasteiger partial charge in [-0.2, -0.15) is 0 Å². The molecular formula is C19H22N2O5S. The van der Waals surface area contributed by atoms with Gasteiger partial charge in [-0.15, -0.1) is 0 Å². The Morgan fingerprint density at radius 1 is 1.00 bits per heavy atom. The third-order valence-corrected chi connectivity index (χ3v) is 6.23. The van der Waals surface area contributed by atoms with E-state index >= 15 is 0 Å². The molecule has 0 saturated carbocycles. The Bertz CT molecular complexity index is 882. The van der Waals surface area contributed by atoms with Crippen molar-refractivity contribution < 1.29 is 22.6 Å². The Hall–Kier alpha value is -2.13. The van der Waals surface area contributed by atoms with E-state index in [-0.39, 0.29) is 24.3 Å². The summed E-state index contributed by atoms with van der Waals surface area (Å²) in [5, 5.41) is 0. The second kappa shape index (κ2) is 7.85. The Balaban J connectivity index is 1.57. The van der Waals surface area contributed by atoms with Gasteiger partial charge in [0, 0.05) is 25.7 Å². The number of ether oxygens (including phenoxy) is 3. The molecule has 0 bridgehead atoms. The molecule has 0 amide bonds. The maximum atomic E-state index is 12.6. The fourth-order valence-corrected chi connectivity index (χ4v) is 4.40. The molecule has 0 unspecified atom stereocenters. The summed E-state index contributed by atoms with van der Waals surface area (Å²) < 4.78 is 44.4. The Labute approximate surface area is 158 Å². The number of rotatable bonds is 6. The van der Waals surface area contributed by atoms with Gasteiger partial charge in [-0.1, -0.05) is 24.3 Å². The number of nitrogens with one attached hydrogen (secondary N) is 1. The van der Waals surface area contributed by atoms with Crippen molar-refractivity contribution in [3.63, 3.8) is 0 Å². The van der Waals surface area contributed by atoms with Gasteiger partial charge < -0.3 is 14.2 Å². The number of nitrogens with zero attached hydrogens (tertiary/aromatic N) is 1. The van der Waals surface area contributed by atoms with E-state index in [9.17, 15) is 8.42 Å². The van der Waals surface area contributed by atoms with Gasteiger partial charge in [0.05, 0.1) is 18.1 Å². The molecule has 2 aromatic carbocycles. The molecule has 144 valence electrons. The molecular weight excluding hydrogens is 368 g/mol. The van der Waals surface area contributed by atoms with E-state index in [1.54, 1.807) is 30.3 Å². The third kappa shape index (κ3) is 4.08. The van der Waals surface area contributed by atoms with Crippen LogP contribution in [-0.2, 0) is 14.8 Å². The Kier molecular flexibility index (Phi) is 5.31. The molecule has 1 atom stereocenters. The minimum Gasteiger partial charge on any atom is -0.454 e.